The average Bonchev–Trinajstić information content (AvgIpc) is 2.59. The van der Waals surface area contributed by atoms with Crippen LogP contribution in [0.4, 0.5) is 5.69 Å². The van der Waals surface area contributed by atoms with E-state index in [1.807, 2.05) is 13.8 Å². The van der Waals surface area contributed by atoms with E-state index in [0.717, 1.165) is 12.2 Å². The molecule has 0 aromatic carbocycles. The van der Waals surface area contributed by atoms with Gasteiger partial charge in [0, 0.05) is 19.4 Å². The lowest BCUT2D eigenvalue weighted by molar-refractivity contribution is -0.137. The molecule has 0 saturated carbocycles. The van der Waals surface area contributed by atoms with Gasteiger partial charge in [0.15, 0.2) is 0 Å². The summed E-state index contributed by atoms with van der Waals surface area (Å²) >= 11 is 0. The van der Waals surface area contributed by atoms with Gasteiger partial charge in [0.05, 0.1) is 17.6 Å². The monoisotopic (exact) mass is 239 g/mol. The van der Waals surface area contributed by atoms with E-state index in [1.165, 1.54) is 0 Å². The molecule has 1 aromatic rings. The van der Waals surface area contributed by atoms with Crippen LogP contribution in [0, 0.1) is 6.92 Å². The molecule has 0 radical (unpaired) electrons. The van der Waals surface area contributed by atoms with Gasteiger partial charge in [0.25, 0.3) is 0 Å². The summed E-state index contributed by atoms with van der Waals surface area (Å²) in [7, 11) is 0. The van der Waals surface area contributed by atoms with Crippen LogP contribution < -0.4 is 5.32 Å². The number of hydrogen-bond donors (Lipinski definition) is 2. The number of anilines is 1. The summed E-state index contributed by atoms with van der Waals surface area (Å²) in [5.74, 6) is -1.06. The second kappa shape index (κ2) is 6.03. The maximum atomic E-state index is 11.5. The second-order valence-corrected chi connectivity index (χ2v) is 3.75. The topological polar surface area (TPSA) is 84.2 Å². The van der Waals surface area contributed by atoms with Crippen LogP contribution in [0.15, 0.2) is 6.20 Å². The molecule has 0 bridgehead atoms. The fourth-order valence-electron chi connectivity index (χ4n) is 1.50. The lowest BCUT2D eigenvalue weighted by atomic mass is 10.2. The number of rotatable bonds is 6. The van der Waals surface area contributed by atoms with Gasteiger partial charge in [-0.3, -0.25) is 14.3 Å². The van der Waals surface area contributed by atoms with Gasteiger partial charge in [-0.2, -0.15) is 5.10 Å². The number of aromatic nitrogens is 2. The lowest BCUT2D eigenvalue weighted by Crippen LogP contribution is -2.12. The van der Waals surface area contributed by atoms with Gasteiger partial charge in [0.2, 0.25) is 5.91 Å². The van der Waals surface area contributed by atoms with Crippen LogP contribution in [-0.2, 0) is 16.1 Å². The van der Waals surface area contributed by atoms with Crippen LogP contribution in [0.3, 0.4) is 0 Å². The molecule has 6 nitrogen and oxygen atoms in total. The van der Waals surface area contributed by atoms with Crippen molar-refractivity contribution in [2.45, 2.75) is 39.7 Å². The molecule has 1 aromatic heterocycles. The third-order valence-electron chi connectivity index (χ3n) is 2.47. The molecule has 2 N–H and O–H groups in total. The average molecular weight is 239 g/mol. The van der Waals surface area contributed by atoms with Gasteiger partial charge in [-0.25, -0.2) is 0 Å². The zero-order valence-electron chi connectivity index (χ0n) is 10.1. The summed E-state index contributed by atoms with van der Waals surface area (Å²) in [6.07, 6.45) is 2.18. The molecule has 0 fully saturated rings. The van der Waals surface area contributed by atoms with E-state index in [0.29, 0.717) is 12.1 Å². The second-order valence-electron chi connectivity index (χ2n) is 3.75. The first-order chi connectivity index (χ1) is 8.04. The summed E-state index contributed by atoms with van der Waals surface area (Å²) in [6.45, 7) is 4.60. The number of carbonyl (C=O) groups is 2. The van der Waals surface area contributed by atoms with Crippen molar-refractivity contribution in [3.63, 3.8) is 0 Å². The molecule has 94 valence electrons. The Kier molecular flexibility index (Phi) is 4.68. The predicted molar refractivity (Wildman–Crippen MR) is 62.8 cm³/mol. The molecule has 0 spiro atoms. The van der Waals surface area contributed by atoms with Crippen molar-refractivity contribution in [3.8, 4) is 0 Å². The Morgan fingerprint density at radius 1 is 1.47 bits per heavy atom. The highest BCUT2D eigenvalue weighted by Gasteiger charge is 2.09. The number of nitrogens with zero attached hydrogens (tertiary/aromatic N) is 2. The summed E-state index contributed by atoms with van der Waals surface area (Å²) in [5, 5.41) is 15.3. The minimum atomic E-state index is -0.882. The molecule has 17 heavy (non-hydrogen) atoms. The molecular formula is C11H17N3O3. The number of amides is 1. The number of carboxylic acids is 1. The largest absolute Gasteiger partial charge is 0.481 e. The normalized spacial score (nSPS) is 10.2. The minimum absolute atomic E-state index is 0.0145. The van der Waals surface area contributed by atoms with Crippen molar-refractivity contribution in [2.75, 3.05) is 5.32 Å². The van der Waals surface area contributed by atoms with Crippen LogP contribution in [0.2, 0.25) is 0 Å². The van der Waals surface area contributed by atoms with Crippen LogP contribution in [0.1, 0.15) is 31.9 Å². The summed E-state index contributed by atoms with van der Waals surface area (Å²) in [4.78, 5) is 21.8. The maximum absolute atomic E-state index is 11.5. The van der Waals surface area contributed by atoms with Gasteiger partial charge in [0.1, 0.15) is 0 Å². The molecule has 1 heterocycles. The number of carbonyl (C=O) groups excluding carboxylic acids is 1. The molecule has 0 aliphatic heterocycles. The highest BCUT2D eigenvalue weighted by molar-refractivity contribution is 5.91. The van der Waals surface area contributed by atoms with Crippen molar-refractivity contribution in [1.82, 2.24) is 9.78 Å². The van der Waals surface area contributed by atoms with Gasteiger partial charge in [-0.1, -0.05) is 0 Å². The Morgan fingerprint density at radius 2 is 2.18 bits per heavy atom. The third kappa shape index (κ3) is 3.90. The van der Waals surface area contributed by atoms with E-state index >= 15 is 0 Å². The van der Waals surface area contributed by atoms with E-state index in [2.05, 4.69) is 10.4 Å². The highest BCUT2D eigenvalue weighted by atomic mass is 16.4. The van der Waals surface area contributed by atoms with E-state index in [9.17, 15) is 9.59 Å². The summed E-state index contributed by atoms with van der Waals surface area (Å²) in [6, 6.07) is 0. The Hall–Kier alpha value is -1.85. The Morgan fingerprint density at radius 3 is 2.71 bits per heavy atom. The fraction of sp³-hybridized carbons (Fsp3) is 0.545. The van der Waals surface area contributed by atoms with E-state index in [-0.39, 0.29) is 18.7 Å². The summed E-state index contributed by atoms with van der Waals surface area (Å²) in [5.41, 5.74) is 1.59. The number of aliphatic carboxylic acids is 1. The van der Waals surface area contributed by atoms with Gasteiger partial charge < -0.3 is 10.4 Å². The SMILES string of the molecule is CCn1ncc(NC(=O)CCCC(=O)O)c1C. The Balaban J connectivity index is 2.45. The molecule has 0 aliphatic rings. The Labute approximate surface area is 99.6 Å². The first kappa shape index (κ1) is 13.2. The van der Waals surface area contributed by atoms with Crippen LogP contribution in [0.5, 0.6) is 0 Å². The van der Waals surface area contributed by atoms with Gasteiger partial charge >= 0.3 is 5.97 Å². The minimum Gasteiger partial charge on any atom is -0.481 e. The number of nitrogens with one attached hydrogen (secondary N) is 1. The van der Waals surface area contributed by atoms with E-state index in [1.54, 1.807) is 10.9 Å². The fourth-order valence-corrected chi connectivity index (χ4v) is 1.50. The molecule has 6 heteroatoms. The quantitative estimate of drug-likeness (QED) is 0.786. The van der Waals surface area contributed by atoms with Crippen LogP contribution >= 0.6 is 0 Å². The van der Waals surface area contributed by atoms with Crippen LogP contribution in [-0.4, -0.2) is 26.8 Å². The van der Waals surface area contributed by atoms with Gasteiger partial charge in [-0.05, 0) is 20.3 Å². The molecule has 1 rings (SSSR count). The molecule has 0 unspecified atom stereocenters. The zero-order chi connectivity index (χ0) is 12.8. The van der Waals surface area contributed by atoms with Crippen molar-refractivity contribution in [3.05, 3.63) is 11.9 Å². The zero-order valence-corrected chi connectivity index (χ0v) is 10.1. The molecule has 0 saturated heterocycles. The van der Waals surface area contributed by atoms with Crippen LogP contribution in [0.25, 0.3) is 0 Å². The first-order valence-corrected chi connectivity index (χ1v) is 5.58. The number of aryl methyl sites for hydroxylation is 1. The maximum Gasteiger partial charge on any atom is 0.303 e. The van der Waals surface area contributed by atoms with Crippen molar-refractivity contribution in [2.24, 2.45) is 0 Å². The smallest absolute Gasteiger partial charge is 0.303 e. The summed E-state index contributed by atoms with van der Waals surface area (Å²) < 4.78 is 1.78. The Bertz CT molecular complexity index is 412. The van der Waals surface area contributed by atoms with Crippen molar-refractivity contribution in [1.29, 1.82) is 0 Å². The first-order valence-electron chi connectivity index (χ1n) is 5.58. The molecule has 1 amide bonds. The predicted octanol–water partition coefficient (Wildman–Crippen LogP) is 1.40. The standard InChI is InChI=1S/C11H17N3O3/c1-3-14-8(2)9(7-12-14)13-10(15)5-4-6-11(16)17/h7H,3-6H2,1-2H3,(H,13,15)(H,16,17). The van der Waals surface area contributed by atoms with E-state index < -0.39 is 5.97 Å². The molecule has 0 atom stereocenters. The highest BCUT2D eigenvalue weighted by Crippen LogP contribution is 2.13. The number of hydrogen-bond acceptors (Lipinski definition) is 3. The van der Waals surface area contributed by atoms with Gasteiger partial charge in [-0.15, -0.1) is 0 Å². The molecular weight excluding hydrogens is 222 g/mol. The van der Waals surface area contributed by atoms with Crippen molar-refractivity contribution >= 4 is 17.6 Å². The third-order valence-corrected chi connectivity index (χ3v) is 2.47. The molecule has 0 aliphatic carbocycles. The van der Waals surface area contributed by atoms with Crippen molar-refractivity contribution < 1.29 is 14.7 Å². The van der Waals surface area contributed by atoms with E-state index in [4.69, 9.17) is 5.11 Å². The number of carboxylic acid groups (broad SMARTS) is 1. The lowest BCUT2D eigenvalue weighted by Gasteiger charge is -2.04.